The summed E-state index contributed by atoms with van der Waals surface area (Å²) in [5.41, 5.74) is 0. The third-order valence-electron chi connectivity index (χ3n) is 6.25. The van der Waals surface area contributed by atoms with E-state index in [2.05, 4.69) is 71.2 Å². The predicted octanol–water partition coefficient (Wildman–Crippen LogP) is 10.9. The van der Waals surface area contributed by atoms with E-state index in [-0.39, 0.29) is 0 Å². The maximum atomic E-state index is 6.33. The molecular formula is C30H34N2O3S4. The van der Waals surface area contributed by atoms with Crippen molar-refractivity contribution in [3.8, 4) is 52.5 Å². The molecule has 0 aromatic carbocycles. The Hall–Kier alpha value is -2.46. The van der Waals surface area contributed by atoms with E-state index in [1.807, 2.05) is 0 Å². The molecule has 206 valence electrons. The number of hydrogen-bond donors (Lipinski definition) is 0. The van der Waals surface area contributed by atoms with Gasteiger partial charge in [-0.1, -0.05) is 64.5 Å². The highest BCUT2D eigenvalue weighted by Gasteiger charge is 2.23. The van der Waals surface area contributed by atoms with Crippen molar-refractivity contribution in [1.82, 2.24) is 10.2 Å². The maximum Gasteiger partial charge on any atom is 0.261 e. The molecule has 5 nitrogen and oxygen atoms in total. The number of nitrogens with zero attached hydrogens (tertiary/aromatic N) is 2. The van der Waals surface area contributed by atoms with Gasteiger partial charge in [-0.05, 0) is 35.7 Å². The lowest BCUT2D eigenvalue weighted by molar-refractivity contribution is 0.306. The first-order valence-corrected chi connectivity index (χ1v) is 17.1. The number of ether oxygens (including phenoxy) is 2. The fourth-order valence-electron chi connectivity index (χ4n) is 4.17. The average Bonchev–Trinajstić information content (AvgIpc) is 3.78. The predicted molar refractivity (Wildman–Crippen MR) is 167 cm³/mol. The summed E-state index contributed by atoms with van der Waals surface area (Å²) in [6.07, 6.45) is 9.28. The Morgan fingerprint density at radius 3 is 1.54 bits per heavy atom. The van der Waals surface area contributed by atoms with Crippen molar-refractivity contribution in [2.24, 2.45) is 0 Å². The van der Waals surface area contributed by atoms with Gasteiger partial charge < -0.3 is 13.9 Å². The first-order chi connectivity index (χ1) is 19.3. The molecule has 0 amide bonds. The number of rotatable bonds is 16. The molecular weight excluding hydrogens is 565 g/mol. The average molecular weight is 599 g/mol. The van der Waals surface area contributed by atoms with Crippen LogP contribution in [0.1, 0.15) is 65.2 Å². The first-order valence-electron chi connectivity index (χ1n) is 13.7. The van der Waals surface area contributed by atoms with Gasteiger partial charge >= 0.3 is 0 Å². The minimum Gasteiger partial charge on any atom is -0.492 e. The SMILES string of the molecule is CCCCCCOc1cc(-c2cccs2)sc1-c1nnc(-c2sc(-c3cccs3)cc2OCCCCCC)o1. The second kappa shape index (κ2) is 14.3. The normalized spacial score (nSPS) is 11.3. The summed E-state index contributed by atoms with van der Waals surface area (Å²) >= 11 is 6.72. The van der Waals surface area contributed by atoms with Crippen LogP contribution in [0.25, 0.3) is 41.0 Å². The molecule has 0 atom stereocenters. The standard InChI is InChI=1S/C30H34N2O3S4/c1-3-5-7-9-15-33-21-19-25(23-13-11-17-36-23)38-27(21)29-31-32-30(35-29)28-22(34-16-10-8-6-4-2)20-26(39-28)24-14-12-18-37-24/h11-14,17-20H,3-10,15-16H2,1-2H3. The summed E-state index contributed by atoms with van der Waals surface area (Å²) < 4.78 is 18.9. The van der Waals surface area contributed by atoms with Crippen molar-refractivity contribution in [3.05, 3.63) is 47.2 Å². The van der Waals surface area contributed by atoms with Crippen molar-refractivity contribution in [2.75, 3.05) is 13.2 Å². The van der Waals surface area contributed by atoms with Crippen molar-refractivity contribution < 1.29 is 13.9 Å². The van der Waals surface area contributed by atoms with Gasteiger partial charge in [-0.15, -0.1) is 55.5 Å². The molecule has 0 aliphatic heterocycles. The fourth-order valence-corrected chi connectivity index (χ4v) is 7.87. The van der Waals surface area contributed by atoms with Gasteiger partial charge in [0.05, 0.1) is 13.2 Å². The second-order valence-corrected chi connectivity index (χ2v) is 13.3. The molecule has 0 aliphatic carbocycles. The highest BCUT2D eigenvalue weighted by molar-refractivity contribution is 7.24. The van der Waals surface area contributed by atoms with Gasteiger partial charge in [-0.3, -0.25) is 0 Å². The van der Waals surface area contributed by atoms with Gasteiger partial charge in [-0.2, -0.15) is 0 Å². The van der Waals surface area contributed by atoms with Crippen LogP contribution in [0.4, 0.5) is 0 Å². The van der Waals surface area contributed by atoms with E-state index in [0.717, 1.165) is 43.8 Å². The van der Waals surface area contributed by atoms with E-state index < -0.39 is 0 Å². The van der Waals surface area contributed by atoms with Crippen molar-refractivity contribution >= 4 is 45.3 Å². The molecule has 5 rings (SSSR count). The van der Waals surface area contributed by atoms with Crippen LogP contribution >= 0.6 is 45.3 Å². The first kappa shape index (κ1) is 28.1. The topological polar surface area (TPSA) is 57.4 Å². The molecule has 0 radical (unpaired) electrons. The summed E-state index contributed by atoms with van der Waals surface area (Å²) in [6, 6.07) is 12.6. The molecule has 5 aromatic rings. The van der Waals surface area contributed by atoms with E-state index in [9.17, 15) is 0 Å². The molecule has 5 heterocycles. The van der Waals surface area contributed by atoms with E-state index in [1.165, 1.54) is 48.3 Å². The Bertz CT molecular complexity index is 1290. The number of hydrogen-bond acceptors (Lipinski definition) is 9. The Morgan fingerprint density at radius 2 is 1.13 bits per heavy atom. The zero-order valence-corrected chi connectivity index (χ0v) is 25.7. The molecule has 39 heavy (non-hydrogen) atoms. The Balaban J connectivity index is 1.41. The van der Waals surface area contributed by atoms with Crippen LogP contribution in [0.5, 0.6) is 11.5 Å². The Kier molecular flexibility index (Phi) is 10.3. The summed E-state index contributed by atoms with van der Waals surface area (Å²) in [5.74, 6) is 2.60. The zero-order chi connectivity index (χ0) is 26.9. The minimum atomic E-state index is 0.487. The molecule has 0 spiro atoms. The minimum absolute atomic E-state index is 0.487. The number of unbranched alkanes of at least 4 members (excludes halogenated alkanes) is 6. The molecule has 5 aromatic heterocycles. The summed E-state index contributed by atoms with van der Waals surface area (Å²) in [5, 5.41) is 13.1. The third-order valence-corrected chi connectivity index (χ3v) is 10.6. The molecule has 0 N–H and O–H groups in total. The lowest BCUT2D eigenvalue weighted by atomic mass is 10.2. The largest absolute Gasteiger partial charge is 0.492 e. The smallest absolute Gasteiger partial charge is 0.261 e. The molecule has 0 unspecified atom stereocenters. The lowest BCUT2D eigenvalue weighted by Crippen LogP contribution is -1.97. The van der Waals surface area contributed by atoms with Crippen LogP contribution < -0.4 is 9.47 Å². The highest BCUT2D eigenvalue weighted by atomic mass is 32.1. The van der Waals surface area contributed by atoms with Gasteiger partial charge in [0.25, 0.3) is 11.8 Å². The van der Waals surface area contributed by atoms with Crippen LogP contribution in [0.2, 0.25) is 0 Å². The van der Waals surface area contributed by atoms with Crippen molar-refractivity contribution in [3.63, 3.8) is 0 Å². The third kappa shape index (κ3) is 7.20. The van der Waals surface area contributed by atoms with Gasteiger partial charge in [0, 0.05) is 31.6 Å². The van der Waals surface area contributed by atoms with Crippen LogP contribution in [0.15, 0.2) is 51.6 Å². The summed E-state index contributed by atoms with van der Waals surface area (Å²) in [7, 11) is 0. The maximum absolute atomic E-state index is 6.33. The molecule has 0 aliphatic rings. The fraction of sp³-hybridized carbons (Fsp3) is 0.400. The van der Waals surface area contributed by atoms with E-state index >= 15 is 0 Å². The Morgan fingerprint density at radius 1 is 0.641 bits per heavy atom. The van der Waals surface area contributed by atoms with Gasteiger partial charge in [0.15, 0.2) is 0 Å². The monoisotopic (exact) mass is 598 g/mol. The number of aromatic nitrogens is 2. The van der Waals surface area contributed by atoms with Crippen LogP contribution in [-0.4, -0.2) is 23.4 Å². The molecule has 9 heteroatoms. The molecule has 0 bridgehead atoms. The van der Waals surface area contributed by atoms with Crippen LogP contribution in [-0.2, 0) is 0 Å². The molecule has 0 saturated heterocycles. The van der Waals surface area contributed by atoms with Gasteiger partial charge in [0.2, 0.25) is 0 Å². The Labute approximate surface area is 246 Å². The number of thiophene rings is 4. The second-order valence-electron chi connectivity index (χ2n) is 9.29. The van der Waals surface area contributed by atoms with Crippen LogP contribution in [0.3, 0.4) is 0 Å². The van der Waals surface area contributed by atoms with E-state index in [1.54, 1.807) is 45.3 Å². The van der Waals surface area contributed by atoms with Gasteiger partial charge in [-0.25, -0.2) is 0 Å². The molecule has 0 saturated carbocycles. The lowest BCUT2D eigenvalue weighted by Gasteiger charge is -2.05. The quantitative estimate of drug-likeness (QED) is 0.106. The van der Waals surface area contributed by atoms with Crippen molar-refractivity contribution in [2.45, 2.75) is 65.2 Å². The van der Waals surface area contributed by atoms with Crippen molar-refractivity contribution in [1.29, 1.82) is 0 Å². The summed E-state index contributed by atoms with van der Waals surface area (Å²) in [4.78, 5) is 6.47. The zero-order valence-electron chi connectivity index (χ0n) is 22.4. The van der Waals surface area contributed by atoms with E-state index in [4.69, 9.17) is 13.9 Å². The van der Waals surface area contributed by atoms with Gasteiger partial charge in [0.1, 0.15) is 21.3 Å². The summed E-state index contributed by atoms with van der Waals surface area (Å²) in [6.45, 7) is 5.80. The van der Waals surface area contributed by atoms with E-state index in [0.29, 0.717) is 25.0 Å². The van der Waals surface area contributed by atoms with Crippen LogP contribution in [0, 0.1) is 0 Å². The molecule has 0 fully saturated rings. The highest BCUT2D eigenvalue weighted by Crippen LogP contribution is 2.47.